The number of hydrogen-bond acceptors (Lipinski definition) is 6. The van der Waals surface area contributed by atoms with Gasteiger partial charge in [-0.05, 0) is 23.9 Å². The van der Waals surface area contributed by atoms with E-state index in [0.717, 1.165) is 10.4 Å². The third-order valence-corrected chi connectivity index (χ3v) is 4.29. The van der Waals surface area contributed by atoms with Gasteiger partial charge in [0.05, 0.1) is 4.88 Å². The second-order valence-electron chi connectivity index (χ2n) is 5.31. The molecule has 0 saturated heterocycles. The quantitative estimate of drug-likeness (QED) is 0.745. The molecule has 0 radical (unpaired) electrons. The van der Waals surface area contributed by atoms with Crippen LogP contribution in [0, 0.1) is 6.92 Å². The largest absolute Gasteiger partial charge is 0.375 e. The normalized spacial score (nSPS) is 10.8. The molecule has 124 valence electrons. The fraction of sp³-hybridized carbons (Fsp3) is 0.235. The summed E-state index contributed by atoms with van der Waals surface area (Å²) in [4.78, 5) is 17.6. The van der Waals surface area contributed by atoms with Crippen LogP contribution in [0.3, 0.4) is 0 Å². The van der Waals surface area contributed by atoms with Gasteiger partial charge in [0.2, 0.25) is 5.95 Å². The maximum Gasteiger partial charge on any atom is 0.276 e. The third kappa shape index (κ3) is 3.69. The van der Waals surface area contributed by atoms with Gasteiger partial charge in [-0.15, -0.1) is 16.4 Å². The van der Waals surface area contributed by atoms with E-state index in [1.165, 1.54) is 28.7 Å². The Morgan fingerprint density at radius 2 is 2.08 bits per heavy atom. The zero-order chi connectivity index (χ0) is 16.9. The van der Waals surface area contributed by atoms with Crippen molar-refractivity contribution in [3.8, 4) is 10.7 Å². The molecule has 0 aliphatic carbocycles. The summed E-state index contributed by atoms with van der Waals surface area (Å²) in [6.07, 6.45) is 0. The maximum absolute atomic E-state index is 12.2. The number of aromatic nitrogens is 3. The van der Waals surface area contributed by atoms with E-state index in [4.69, 9.17) is 4.74 Å². The summed E-state index contributed by atoms with van der Waals surface area (Å²) in [6.45, 7) is 2.56. The number of hydrogen-bond donors (Lipinski definition) is 1. The summed E-state index contributed by atoms with van der Waals surface area (Å²) in [5, 5.41) is 9.46. The minimum atomic E-state index is -0.265. The number of nitrogens with one attached hydrogen (secondary N) is 1. The van der Waals surface area contributed by atoms with Crippen LogP contribution in [0.4, 0.5) is 5.95 Å². The second kappa shape index (κ2) is 7.37. The Labute approximate surface area is 144 Å². The topological polar surface area (TPSA) is 69.0 Å². The fourth-order valence-electron chi connectivity index (χ4n) is 2.18. The minimum Gasteiger partial charge on any atom is -0.375 e. The molecule has 2 heterocycles. The van der Waals surface area contributed by atoms with Crippen LogP contribution in [0.15, 0.2) is 41.8 Å². The second-order valence-corrected chi connectivity index (χ2v) is 6.26. The van der Waals surface area contributed by atoms with Gasteiger partial charge in [-0.25, -0.2) is 0 Å². The Hall–Kier alpha value is -2.51. The highest BCUT2D eigenvalue weighted by atomic mass is 32.1. The van der Waals surface area contributed by atoms with Crippen molar-refractivity contribution in [3.05, 3.63) is 52.9 Å². The summed E-state index contributed by atoms with van der Waals surface area (Å²) in [7, 11) is 1.48. The molecule has 3 aromatic rings. The number of thiophene rings is 1. The zero-order valence-corrected chi connectivity index (χ0v) is 14.3. The number of benzene rings is 1. The van der Waals surface area contributed by atoms with Gasteiger partial charge in [-0.2, -0.15) is 9.67 Å². The molecule has 0 bridgehead atoms. The van der Waals surface area contributed by atoms with Gasteiger partial charge in [0.1, 0.15) is 6.61 Å². The average Bonchev–Trinajstić information content (AvgIpc) is 3.24. The number of carbonyl (C=O) groups excluding carboxylic acids is 1. The maximum atomic E-state index is 12.2. The van der Waals surface area contributed by atoms with Crippen molar-refractivity contribution in [3.63, 3.8) is 0 Å². The number of methoxy groups -OCH3 is 1. The summed E-state index contributed by atoms with van der Waals surface area (Å²) < 4.78 is 6.20. The molecular weight excluding hydrogens is 324 g/mol. The van der Waals surface area contributed by atoms with Crippen molar-refractivity contribution in [2.45, 2.75) is 13.5 Å². The molecule has 2 aromatic heterocycles. The summed E-state index contributed by atoms with van der Waals surface area (Å²) in [5.41, 5.74) is 2.31. The first kappa shape index (κ1) is 16.4. The van der Waals surface area contributed by atoms with Gasteiger partial charge < -0.3 is 10.1 Å². The molecule has 0 saturated carbocycles. The van der Waals surface area contributed by atoms with Gasteiger partial charge in [-0.3, -0.25) is 4.79 Å². The molecule has 0 aliphatic heterocycles. The molecule has 0 aliphatic rings. The first-order valence-electron chi connectivity index (χ1n) is 7.50. The van der Waals surface area contributed by atoms with Crippen LogP contribution < -0.4 is 5.32 Å². The van der Waals surface area contributed by atoms with E-state index in [1.54, 1.807) is 0 Å². The molecule has 6 nitrogen and oxygen atoms in total. The van der Waals surface area contributed by atoms with Crippen molar-refractivity contribution in [2.75, 3.05) is 19.0 Å². The van der Waals surface area contributed by atoms with Crippen LogP contribution in [-0.2, 0) is 11.3 Å². The van der Waals surface area contributed by atoms with Crippen LogP contribution in [0.1, 0.15) is 15.9 Å². The van der Waals surface area contributed by atoms with E-state index in [-0.39, 0.29) is 12.5 Å². The highest BCUT2D eigenvalue weighted by molar-refractivity contribution is 7.13. The molecule has 24 heavy (non-hydrogen) atoms. The van der Waals surface area contributed by atoms with Gasteiger partial charge in [-0.1, -0.05) is 35.9 Å². The van der Waals surface area contributed by atoms with Crippen LogP contribution in [0.2, 0.25) is 0 Å². The Morgan fingerprint density at radius 1 is 1.29 bits per heavy atom. The number of ether oxygens (including phenoxy) is 1. The first-order valence-corrected chi connectivity index (χ1v) is 8.38. The Balaban J connectivity index is 1.84. The van der Waals surface area contributed by atoms with Gasteiger partial charge >= 0.3 is 0 Å². The first-order chi connectivity index (χ1) is 11.7. The summed E-state index contributed by atoms with van der Waals surface area (Å²) in [5.74, 6) is 0.682. The Kier molecular flexibility index (Phi) is 5.02. The smallest absolute Gasteiger partial charge is 0.276 e. The molecule has 0 spiro atoms. The van der Waals surface area contributed by atoms with Crippen molar-refractivity contribution in [2.24, 2.45) is 0 Å². The lowest BCUT2D eigenvalue weighted by atomic mass is 10.1. The van der Waals surface area contributed by atoms with E-state index in [0.29, 0.717) is 18.3 Å². The van der Waals surface area contributed by atoms with Crippen LogP contribution in [0.5, 0.6) is 0 Å². The number of nitrogens with zero attached hydrogens (tertiary/aromatic N) is 3. The Bertz CT molecular complexity index is 810. The van der Waals surface area contributed by atoms with E-state index < -0.39 is 0 Å². The van der Waals surface area contributed by atoms with Crippen molar-refractivity contribution in [1.82, 2.24) is 14.8 Å². The summed E-state index contributed by atoms with van der Waals surface area (Å²) in [6, 6.07) is 12.0. The van der Waals surface area contributed by atoms with E-state index in [1.807, 2.05) is 36.6 Å². The van der Waals surface area contributed by atoms with E-state index in [9.17, 15) is 4.79 Å². The van der Waals surface area contributed by atoms with Crippen LogP contribution >= 0.6 is 11.3 Å². The number of carbonyl (C=O) groups is 1. The van der Waals surface area contributed by atoms with Gasteiger partial charge in [0.25, 0.3) is 5.91 Å². The van der Waals surface area contributed by atoms with Crippen molar-refractivity contribution in [1.29, 1.82) is 0 Å². The lowest BCUT2D eigenvalue weighted by Gasteiger charge is -2.07. The zero-order valence-electron chi connectivity index (χ0n) is 13.5. The molecule has 7 heteroatoms. The third-order valence-electron chi connectivity index (χ3n) is 3.42. The van der Waals surface area contributed by atoms with E-state index >= 15 is 0 Å². The average molecular weight is 342 g/mol. The molecule has 1 N–H and O–H groups in total. The van der Waals surface area contributed by atoms with Gasteiger partial charge in [0.15, 0.2) is 5.82 Å². The molecule has 0 fully saturated rings. The molecule has 0 amide bonds. The lowest BCUT2D eigenvalue weighted by molar-refractivity contribution is 0.0748. The minimum absolute atomic E-state index is 0.0492. The van der Waals surface area contributed by atoms with Crippen LogP contribution in [0.25, 0.3) is 10.7 Å². The molecule has 0 atom stereocenters. The lowest BCUT2D eigenvalue weighted by Crippen LogP contribution is -2.20. The van der Waals surface area contributed by atoms with E-state index in [2.05, 4.69) is 27.5 Å². The predicted molar refractivity (Wildman–Crippen MR) is 94.3 cm³/mol. The van der Waals surface area contributed by atoms with Crippen LogP contribution in [-0.4, -0.2) is 34.4 Å². The highest BCUT2D eigenvalue weighted by Gasteiger charge is 2.17. The molecule has 3 rings (SSSR count). The monoisotopic (exact) mass is 342 g/mol. The van der Waals surface area contributed by atoms with Gasteiger partial charge in [0, 0.05) is 13.7 Å². The molecule has 1 aromatic carbocycles. The number of rotatable bonds is 6. The standard InChI is InChI=1S/C17H18N4O2S/c1-12-5-7-13(8-6-12)10-18-17-19-16(14-4-3-9-24-14)20-21(17)15(22)11-23-2/h3-9H,10-11H2,1-2H3,(H,18,19,20). The predicted octanol–water partition coefficient (Wildman–Crippen LogP) is 3.21. The highest BCUT2D eigenvalue weighted by Crippen LogP contribution is 2.23. The number of aryl methyl sites for hydroxylation is 1. The Morgan fingerprint density at radius 3 is 2.75 bits per heavy atom. The molecule has 0 unspecified atom stereocenters. The molecular formula is C17H18N4O2S. The SMILES string of the molecule is COCC(=O)n1nc(-c2cccs2)nc1NCc1ccc(C)cc1. The fourth-order valence-corrected chi connectivity index (χ4v) is 2.84. The summed E-state index contributed by atoms with van der Waals surface area (Å²) >= 11 is 1.53. The van der Waals surface area contributed by atoms with Crippen molar-refractivity contribution < 1.29 is 9.53 Å². The number of anilines is 1. The van der Waals surface area contributed by atoms with Crippen molar-refractivity contribution >= 4 is 23.2 Å².